The maximum atomic E-state index is 13.5. The zero-order chi connectivity index (χ0) is 26.4. The van der Waals surface area contributed by atoms with E-state index in [1.165, 1.54) is 12.6 Å². The molecule has 38 heavy (non-hydrogen) atoms. The largest absolute Gasteiger partial charge is 0.447 e. The third-order valence-electron chi connectivity index (χ3n) is 7.83. The predicted octanol–water partition coefficient (Wildman–Crippen LogP) is 4.90. The molecule has 0 aromatic carbocycles. The first-order valence-electron chi connectivity index (χ1n) is 13.0. The van der Waals surface area contributed by atoms with Crippen molar-refractivity contribution in [3.8, 4) is 11.8 Å². The number of aromatic nitrogens is 3. The Morgan fingerprint density at radius 1 is 1.18 bits per heavy atom. The Morgan fingerprint density at radius 2 is 1.97 bits per heavy atom. The molecule has 11 heteroatoms. The number of carbonyl (C=O) groups excluding carboxylic acids is 1. The number of rotatable bonds is 6. The van der Waals surface area contributed by atoms with E-state index in [4.69, 9.17) is 0 Å². The molecule has 2 bridgehead atoms. The number of carbonyl (C=O) groups is 1. The van der Waals surface area contributed by atoms with E-state index in [0.29, 0.717) is 29.2 Å². The number of nitrogens with one attached hydrogen (secondary N) is 2. The first-order chi connectivity index (χ1) is 18.3. The molecule has 200 valence electrons. The molecule has 3 aliphatic rings. The number of hydrogen-bond donors (Lipinski definition) is 2. The highest BCUT2D eigenvalue weighted by molar-refractivity contribution is 8.00. The van der Waals surface area contributed by atoms with E-state index in [1.54, 1.807) is 33.6 Å². The molecule has 5 heterocycles. The summed E-state index contributed by atoms with van der Waals surface area (Å²) in [6, 6.07) is 7.05. The van der Waals surface area contributed by atoms with Gasteiger partial charge in [0.05, 0.1) is 41.1 Å². The lowest BCUT2D eigenvalue weighted by Crippen LogP contribution is -2.48. The monoisotopic (exact) mass is 542 g/mol. The van der Waals surface area contributed by atoms with Gasteiger partial charge < -0.3 is 15.0 Å². The molecule has 1 amide bonds. The van der Waals surface area contributed by atoms with Gasteiger partial charge in [0.1, 0.15) is 5.03 Å². The van der Waals surface area contributed by atoms with Crippen molar-refractivity contribution in [3.63, 3.8) is 0 Å². The SMILES string of the molecule is CN1[C@H]2CC[C@@H]1[C@H](Nc1cccn3c(SC(F)(F)F)c(C#CCNC(=O)c4cnn(C5CC5)c4)cc13)CC2. The second-order valence-corrected chi connectivity index (χ2v) is 11.4. The molecule has 3 fully saturated rings. The third kappa shape index (κ3) is 5.12. The van der Waals surface area contributed by atoms with E-state index in [2.05, 4.69) is 39.5 Å². The Balaban J connectivity index is 1.22. The Labute approximate surface area is 223 Å². The minimum Gasteiger partial charge on any atom is -0.379 e. The quantitative estimate of drug-likeness (QED) is 0.343. The molecule has 3 aromatic heterocycles. The molecule has 3 aromatic rings. The molecule has 1 saturated carbocycles. The van der Waals surface area contributed by atoms with E-state index in [1.807, 2.05) is 6.07 Å². The lowest BCUT2D eigenvalue weighted by molar-refractivity contribution is -0.0329. The van der Waals surface area contributed by atoms with Crippen LogP contribution < -0.4 is 10.6 Å². The van der Waals surface area contributed by atoms with Crippen LogP contribution in [0.1, 0.15) is 60.5 Å². The zero-order valence-electron chi connectivity index (χ0n) is 21.0. The summed E-state index contributed by atoms with van der Waals surface area (Å²) in [6.45, 7) is 0.0120. The lowest BCUT2D eigenvalue weighted by Gasteiger charge is -2.38. The Kier molecular flexibility index (Phi) is 6.56. The second kappa shape index (κ2) is 9.89. The number of anilines is 1. The molecule has 2 aliphatic heterocycles. The molecule has 0 spiro atoms. The maximum absolute atomic E-state index is 13.5. The number of piperidine rings is 1. The third-order valence-corrected chi connectivity index (χ3v) is 8.67. The van der Waals surface area contributed by atoms with Crippen LogP contribution in [-0.4, -0.2) is 62.2 Å². The molecule has 0 radical (unpaired) electrons. The van der Waals surface area contributed by atoms with Crippen molar-refractivity contribution in [1.82, 2.24) is 24.4 Å². The summed E-state index contributed by atoms with van der Waals surface area (Å²) in [5.74, 6) is 5.39. The van der Waals surface area contributed by atoms with Crippen molar-refractivity contribution in [3.05, 3.63) is 47.9 Å². The van der Waals surface area contributed by atoms with Gasteiger partial charge in [-0.25, -0.2) is 0 Å². The smallest absolute Gasteiger partial charge is 0.379 e. The molecule has 6 rings (SSSR count). The van der Waals surface area contributed by atoms with Gasteiger partial charge in [0.25, 0.3) is 5.91 Å². The van der Waals surface area contributed by atoms with Crippen molar-refractivity contribution in [2.75, 3.05) is 18.9 Å². The molecule has 7 nitrogen and oxygen atoms in total. The van der Waals surface area contributed by atoms with Crippen molar-refractivity contribution in [2.45, 2.75) is 73.2 Å². The van der Waals surface area contributed by atoms with Gasteiger partial charge in [-0.05, 0) is 63.8 Å². The summed E-state index contributed by atoms with van der Waals surface area (Å²) in [5.41, 5.74) is -2.29. The number of likely N-dealkylation sites (N-methyl/N-ethyl adjacent to an activating group) is 1. The zero-order valence-corrected chi connectivity index (χ0v) is 21.8. The van der Waals surface area contributed by atoms with Gasteiger partial charge in [-0.15, -0.1) is 0 Å². The lowest BCUT2D eigenvalue weighted by atomic mass is 9.97. The van der Waals surface area contributed by atoms with Crippen LogP contribution in [-0.2, 0) is 0 Å². The van der Waals surface area contributed by atoms with Crippen LogP contribution in [0, 0.1) is 11.8 Å². The van der Waals surface area contributed by atoms with Gasteiger partial charge in [0.15, 0.2) is 0 Å². The van der Waals surface area contributed by atoms with Crippen LogP contribution in [0.5, 0.6) is 0 Å². The standard InChI is InChI=1S/C27H29F3N6OS/c1-34-19-8-10-22(23(34)11-9-19)33-21-5-3-13-35-24(21)14-17(26(35)38-27(28,29)30)4-2-12-31-25(37)18-15-32-36(16-18)20-6-7-20/h3,5,13-16,19-20,22-23,33H,6-12H2,1H3,(H,31,37)/t19-,22-,23-/m1/s1. The highest BCUT2D eigenvalue weighted by Gasteiger charge is 2.40. The highest BCUT2D eigenvalue weighted by Crippen LogP contribution is 2.41. The van der Waals surface area contributed by atoms with Crippen LogP contribution in [0.4, 0.5) is 18.9 Å². The number of fused-ring (bicyclic) bond motifs is 3. The van der Waals surface area contributed by atoms with Gasteiger partial charge in [-0.1, -0.05) is 11.8 Å². The van der Waals surface area contributed by atoms with Crippen molar-refractivity contribution in [2.24, 2.45) is 0 Å². The van der Waals surface area contributed by atoms with Crippen LogP contribution in [0.2, 0.25) is 0 Å². The van der Waals surface area contributed by atoms with Crippen molar-refractivity contribution < 1.29 is 18.0 Å². The second-order valence-electron chi connectivity index (χ2n) is 10.3. The molecule has 1 aliphatic carbocycles. The fraction of sp³-hybridized carbons (Fsp3) is 0.481. The first-order valence-corrected chi connectivity index (χ1v) is 13.8. The minimum atomic E-state index is -4.46. The molecule has 3 atom stereocenters. The molecular formula is C27H29F3N6OS. The molecule has 2 N–H and O–H groups in total. The van der Waals surface area contributed by atoms with Crippen LogP contribution in [0.15, 0.2) is 41.8 Å². The number of pyridine rings is 1. The topological polar surface area (TPSA) is 66.6 Å². The van der Waals surface area contributed by atoms with Gasteiger partial charge in [0, 0.05) is 42.3 Å². The Hall–Kier alpha value is -3.10. The first kappa shape index (κ1) is 25.2. The predicted molar refractivity (Wildman–Crippen MR) is 140 cm³/mol. The number of thioether (sulfide) groups is 1. The van der Waals surface area contributed by atoms with E-state index in [9.17, 15) is 18.0 Å². The van der Waals surface area contributed by atoms with Gasteiger partial charge >= 0.3 is 5.51 Å². The summed E-state index contributed by atoms with van der Waals surface area (Å²) in [5, 5.41) is 10.6. The summed E-state index contributed by atoms with van der Waals surface area (Å²) in [4.78, 5) is 14.9. The highest BCUT2D eigenvalue weighted by atomic mass is 32.2. The fourth-order valence-electron chi connectivity index (χ4n) is 5.77. The van der Waals surface area contributed by atoms with E-state index >= 15 is 0 Å². The minimum absolute atomic E-state index is 0.0120. The molecular weight excluding hydrogens is 513 g/mol. The number of hydrogen-bond acceptors (Lipinski definition) is 5. The van der Waals surface area contributed by atoms with E-state index in [-0.39, 0.29) is 40.8 Å². The van der Waals surface area contributed by atoms with E-state index < -0.39 is 5.51 Å². The van der Waals surface area contributed by atoms with Crippen molar-refractivity contribution in [1.29, 1.82) is 0 Å². The van der Waals surface area contributed by atoms with Crippen molar-refractivity contribution >= 4 is 28.9 Å². The average Bonchev–Trinajstić information content (AvgIpc) is 3.43. The van der Waals surface area contributed by atoms with Crippen LogP contribution in [0.25, 0.3) is 5.52 Å². The maximum Gasteiger partial charge on any atom is 0.447 e. The van der Waals surface area contributed by atoms with Gasteiger partial charge in [0.2, 0.25) is 0 Å². The number of halogens is 3. The number of nitrogens with zero attached hydrogens (tertiary/aromatic N) is 4. The van der Waals surface area contributed by atoms with Crippen LogP contribution in [0.3, 0.4) is 0 Å². The summed E-state index contributed by atoms with van der Waals surface area (Å²) in [7, 11) is 2.16. The number of amides is 1. The molecule has 0 unspecified atom stereocenters. The summed E-state index contributed by atoms with van der Waals surface area (Å²) in [6.07, 6.45) is 11.5. The van der Waals surface area contributed by atoms with Crippen LogP contribution >= 0.6 is 11.8 Å². The average molecular weight is 543 g/mol. The normalized spacial score (nSPS) is 23.3. The van der Waals surface area contributed by atoms with Gasteiger partial charge in [-0.3, -0.25) is 14.4 Å². The number of alkyl halides is 3. The summed E-state index contributed by atoms with van der Waals surface area (Å²) < 4.78 is 43.9. The molecule has 2 saturated heterocycles. The summed E-state index contributed by atoms with van der Waals surface area (Å²) >= 11 is -0.171. The Bertz CT molecular complexity index is 1420. The van der Waals surface area contributed by atoms with Gasteiger partial charge in [-0.2, -0.15) is 18.3 Å². The Morgan fingerprint density at radius 3 is 2.76 bits per heavy atom. The van der Waals surface area contributed by atoms with E-state index in [0.717, 1.165) is 37.8 Å². The fourth-order valence-corrected chi connectivity index (χ4v) is 6.46.